The van der Waals surface area contributed by atoms with Crippen molar-refractivity contribution >= 4 is 23.6 Å². The van der Waals surface area contributed by atoms with Crippen LogP contribution in [0.3, 0.4) is 0 Å². The largest absolute Gasteiger partial charge is 0.464 e. The average molecular weight is 415 g/mol. The Morgan fingerprint density at radius 2 is 1.90 bits per heavy atom. The molecule has 29 heavy (non-hydrogen) atoms. The molecule has 0 spiro atoms. The van der Waals surface area contributed by atoms with E-state index in [9.17, 15) is 9.59 Å². The van der Waals surface area contributed by atoms with Gasteiger partial charge in [-0.3, -0.25) is 9.59 Å². The van der Waals surface area contributed by atoms with Crippen LogP contribution in [0.4, 0.5) is 0 Å². The molecule has 0 radical (unpaired) electrons. The molecule has 1 aliphatic rings. The van der Waals surface area contributed by atoms with Crippen molar-refractivity contribution in [3.8, 4) is 0 Å². The number of nitrogens with one attached hydrogen (secondary N) is 2. The first-order valence-electron chi connectivity index (χ1n) is 10.4. The fraction of sp³-hybridized carbons (Fsp3) is 0.478. The molecule has 0 aliphatic heterocycles. The van der Waals surface area contributed by atoms with Gasteiger partial charge in [0.15, 0.2) is 0 Å². The molecule has 0 bridgehead atoms. The van der Waals surface area contributed by atoms with E-state index in [1.807, 2.05) is 44.2 Å². The lowest BCUT2D eigenvalue weighted by molar-refractivity contribution is -0.118. The van der Waals surface area contributed by atoms with Crippen LogP contribution in [-0.2, 0) is 4.79 Å². The minimum absolute atomic E-state index is 0.0233. The molecule has 1 heterocycles. The zero-order valence-electron chi connectivity index (χ0n) is 17.2. The van der Waals surface area contributed by atoms with E-state index in [4.69, 9.17) is 4.42 Å². The number of hydrogen-bond acceptors (Lipinski definition) is 4. The fourth-order valence-corrected chi connectivity index (χ4v) is 4.54. The van der Waals surface area contributed by atoms with E-state index in [2.05, 4.69) is 10.6 Å². The van der Waals surface area contributed by atoms with Crippen LogP contribution in [0.15, 0.2) is 45.7 Å². The Morgan fingerprint density at radius 1 is 1.14 bits per heavy atom. The van der Waals surface area contributed by atoms with Crippen molar-refractivity contribution < 1.29 is 14.0 Å². The van der Waals surface area contributed by atoms with E-state index >= 15 is 0 Å². The van der Waals surface area contributed by atoms with E-state index in [1.54, 1.807) is 6.07 Å². The zero-order chi connectivity index (χ0) is 20.6. The second-order valence-electron chi connectivity index (χ2n) is 7.74. The number of aryl methyl sites for hydroxylation is 1. The second kappa shape index (κ2) is 10.5. The summed E-state index contributed by atoms with van der Waals surface area (Å²) in [5, 5.41) is 6.03. The molecule has 1 aromatic heterocycles. The Kier molecular flexibility index (Phi) is 7.81. The highest BCUT2D eigenvalue weighted by Gasteiger charge is 2.18. The molecule has 1 saturated carbocycles. The summed E-state index contributed by atoms with van der Waals surface area (Å²) >= 11 is 1.40. The van der Waals surface area contributed by atoms with Gasteiger partial charge in [0, 0.05) is 11.4 Å². The van der Waals surface area contributed by atoms with Gasteiger partial charge in [-0.25, -0.2) is 0 Å². The van der Waals surface area contributed by atoms with E-state index in [0.29, 0.717) is 17.2 Å². The highest BCUT2D eigenvalue weighted by Crippen LogP contribution is 2.25. The van der Waals surface area contributed by atoms with Crippen LogP contribution < -0.4 is 10.6 Å². The number of carbonyl (C=O) groups excluding carboxylic acids is 2. The van der Waals surface area contributed by atoms with Crippen LogP contribution in [-0.4, -0.2) is 24.1 Å². The Labute approximate surface area is 177 Å². The monoisotopic (exact) mass is 414 g/mol. The average Bonchev–Trinajstić information content (AvgIpc) is 3.18. The Hall–Kier alpha value is -2.21. The summed E-state index contributed by atoms with van der Waals surface area (Å²) in [7, 11) is 0. The van der Waals surface area contributed by atoms with Crippen molar-refractivity contribution in [3.63, 3.8) is 0 Å². The molecule has 1 aromatic carbocycles. The number of hydrogen-bond donors (Lipinski definition) is 2. The number of thioether (sulfide) groups is 1. The van der Waals surface area contributed by atoms with Gasteiger partial charge in [0.2, 0.25) is 5.91 Å². The Balaban J connectivity index is 1.52. The number of rotatable bonds is 8. The summed E-state index contributed by atoms with van der Waals surface area (Å²) in [6, 6.07) is 10.9. The standard InChI is InChI=1S/C23H30N2O3S/c1-16-12-13-20(28-16)17(2)25-23(27)19-10-6-7-11-21(19)29-15-22(26)24-14-18-8-4-3-5-9-18/h6-7,10-13,17-18H,3-5,8-9,14-15H2,1-2H3,(H,24,26)(H,25,27). The van der Waals surface area contributed by atoms with Crippen molar-refractivity contribution in [1.82, 2.24) is 10.6 Å². The first-order valence-corrected chi connectivity index (χ1v) is 11.4. The van der Waals surface area contributed by atoms with E-state index in [-0.39, 0.29) is 17.9 Å². The van der Waals surface area contributed by atoms with Gasteiger partial charge in [-0.2, -0.15) is 0 Å². The number of benzene rings is 1. The van der Waals surface area contributed by atoms with Gasteiger partial charge in [-0.05, 0) is 56.9 Å². The summed E-state index contributed by atoms with van der Waals surface area (Å²) in [4.78, 5) is 25.8. The summed E-state index contributed by atoms with van der Waals surface area (Å²) in [6.07, 6.45) is 6.28. The predicted octanol–water partition coefficient (Wildman–Crippen LogP) is 4.87. The van der Waals surface area contributed by atoms with E-state index < -0.39 is 0 Å². The third-order valence-corrected chi connectivity index (χ3v) is 6.41. The minimum atomic E-state index is -0.229. The van der Waals surface area contributed by atoms with E-state index in [0.717, 1.165) is 23.0 Å². The number of carbonyl (C=O) groups is 2. The summed E-state index contributed by atoms with van der Waals surface area (Å²) in [6.45, 7) is 4.54. The molecule has 1 fully saturated rings. The van der Waals surface area contributed by atoms with Crippen molar-refractivity contribution in [3.05, 3.63) is 53.5 Å². The molecule has 0 saturated heterocycles. The molecule has 2 N–H and O–H groups in total. The third-order valence-electron chi connectivity index (χ3n) is 5.34. The summed E-state index contributed by atoms with van der Waals surface area (Å²) < 4.78 is 5.60. The van der Waals surface area contributed by atoms with Gasteiger partial charge >= 0.3 is 0 Å². The normalized spacial score (nSPS) is 15.7. The lowest BCUT2D eigenvalue weighted by atomic mass is 9.89. The van der Waals surface area contributed by atoms with Crippen LogP contribution >= 0.6 is 11.8 Å². The molecule has 5 nitrogen and oxygen atoms in total. The third kappa shape index (κ3) is 6.39. The predicted molar refractivity (Wildman–Crippen MR) is 116 cm³/mol. The van der Waals surface area contributed by atoms with Gasteiger partial charge in [0.05, 0.1) is 17.4 Å². The Morgan fingerprint density at radius 3 is 2.62 bits per heavy atom. The molecular weight excluding hydrogens is 384 g/mol. The lowest BCUT2D eigenvalue weighted by Gasteiger charge is -2.21. The van der Waals surface area contributed by atoms with E-state index in [1.165, 1.54) is 43.9 Å². The summed E-state index contributed by atoms with van der Waals surface area (Å²) in [5.41, 5.74) is 0.577. The van der Waals surface area contributed by atoms with Crippen LogP contribution in [0.25, 0.3) is 0 Å². The van der Waals surface area contributed by atoms with Crippen molar-refractivity contribution in [2.24, 2.45) is 5.92 Å². The van der Waals surface area contributed by atoms with Crippen molar-refractivity contribution in [2.75, 3.05) is 12.3 Å². The smallest absolute Gasteiger partial charge is 0.252 e. The maximum atomic E-state index is 12.8. The van der Waals surface area contributed by atoms with Crippen LogP contribution in [0.1, 0.15) is 66.9 Å². The topological polar surface area (TPSA) is 71.3 Å². The highest BCUT2D eigenvalue weighted by atomic mass is 32.2. The first-order chi connectivity index (χ1) is 14.0. The molecule has 1 atom stereocenters. The molecule has 6 heteroatoms. The highest BCUT2D eigenvalue weighted by molar-refractivity contribution is 8.00. The van der Waals surface area contributed by atoms with Crippen LogP contribution in [0.2, 0.25) is 0 Å². The number of furan rings is 1. The minimum Gasteiger partial charge on any atom is -0.464 e. The van der Waals surface area contributed by atoms with Crippen LogP contribution in [0.5, 0.6) is 0 Å². The molecule has 2 amide bonds. The molecule has 156 valence electrons. The zero-order valence-corrected chi connectivity index (χ0v) is 18.0. The molecule has 2 aromatic rings. The van der Waals surface area contributed by atoms with Gasteiger partial charge in [0.1, 0.15) is 11.5 Å². The Bertz CT molecular complexity index is 827. The van der Waals surface area contributed by atoms with Gasteiger partial charge in [-0.15, -0.1) is 11.8 Å². The SMILES string of the molecule is Cc1ccc(C(C)NC(=O)c2ccccc2SCC(=O)NCC2CCCCC2)o1. The summed E-state index contributed by atoms with van der Waals surface area (Å²) in [5.74, 6) is 2.32. The van der Waals surface area contributed by atoms with Gasteiger partial charge < -0.3 is 15.1 Å². The van der Waals surface area contributed by atoms with Gasteiger partial charge in [-0.1, -0.05) is 31.4 Å². The second-order valence-corrected chi connectivity index (χ2v) is 8.75. The fourth-order valence-electron chi connectivity index (χ4n) is 3.66. The molecule has 1 unspecified atom stereocenters. The number of amides is 2. The van der Waals surface area contributed by atoms with Gasteiger partial charge in [0.25, 0.3) is 5.91 Å². The molecule has 1 aliphatic carbocycles. The van der Waals surface area contributed by atoms with Crippen LogP contribution in [0, 0.1) is 12.8 Å². The maximum Gasteiger partial charge on any atom is 0.252 e. The quantitative estimate of drug-likeness (QED) is 0.605. The maximum absolute atomic E-state index is 12.8. The molecule has 3 rings (SSSR count). The first kappa shape index (κ1) is 21.5. The molecular formula is C23H30N2O3S. The van der Waals surface area contributed by atoms with Crippen molar-refractivity contribution in [1.29, 1.82) is 0 Å². The lowest BCUT2D eigenvalue weighted by Crippen LogP contribution is -2.31. The van der Waals surface area contributed by atoms with Crippen molar-refractivity contribution in [2.45, 2.75) is 56.9 Å².